The maximum atomic E-state index is 12.6. The molecule has 0 aliphatic carbocycles. The summed E-state index contributed by atoms with van der Waals surface area (Å²) in [6.07, 6.45) is 5.27. The van der Waals surface area contributed by atoms with Crippen molar-refractivity contribution in [2.45, 2.75) is 13.1 Å². The lowest BCUT2D eigenvalue weighted by molar-refractivity contribution is 0.0588. The van der Waals surface area contributed by atoms with Crippen LogP contribution in [0.15, 0.2) is 57.8 Å². The van der Waals surface area contributed by atoms with E-state index in [-0.39, 0.29) is 5.91 Å². The van der Waals surface area contributed by atoms with Crippen LogP contribution in [0.2, 0.25) is 0 Å². The lowest BCUT2D eigenvalue weighted by atomic mass is 10.2. The van der Waals surface area contributed by atoms with E-state index in [4.69, 9.17) is 8.83 Å². The van der Waals surface area contributed by atoms with Crippen LogP contribution in [0.1, 0.15) is 22.1 Å². The first kappa shape index (κ1) is 15.7. The highest BCUT2D eigenvalue weighted by Gasteiger charge is 2.24. The van der Waals surface area contributed by atoms with E-state index in [1.807, 2.05) is 35.4 Å². The Balaban J connectivity index is 1.32. The standard InChI is InChI=1S/C18H20N4O3/c23-18(17-5-4-16(25-17)14-22-7-2-6-19-22)21-10-8-20(9-11-21)13-15-3-1-12-24-15/h1-7,12H,8-11,13-14H2. The molecule has 7 nitrogen and oxygen atoms in total. The number of piperazine rings is 1. The van der Waals surface area contributed by atoms with Crippen LogP contribution in [0.5, 0.6) is 0 Å². The first-order chi connectivity index (χ1) is 12.3. The highest BCUT2D eigenvalue weighted by atomic mass is 16.4. The monoisotopic (exact) mass is 340 g/mol. The molecule has 0 unspecified atom stereocenters. The van der Waals surface area contributed by atoms with Gasteiger partial charge in [-0.2, -0.15) is 5.10 Å². The molecule has 0 radical (unpaired) electrons. The van der Waals surface area contributed by atoms with Gasteiger partial charge in [-0.25, -0.2) is 0 Å². The molecule has 4 heterocycles. The van der Waals surface area contributed by atoms with Gasteiger partial charge in [0.15, 0.2) is 5.76 Å². The second-order valence-electron chi connectivity index (χ2n) is 6.12. The molecule has 0 bridgehead atoms. The van der Waals surface area contributed by atoms with E-state index in [1.54, 1.807) is 23.2 Å². The molecule has 3 aromatic rings. The fourth-order valence-corrected chi connectivity index (χ4v) is 3.02. The quantitative estimate of drug-likeness (QED) is 0.711. The van der Waals surface area contributed by atoms with Crippen LogP contribution in [0.25, 0.3) is 0 Å². The predicted octanol–water partition coefficient (Wildman–Crippen LogP) is 2.08. The minimum atomic E-state index is -0.0515. The van der Waals surface area contributed by atoms with Crippen molar-refractivity contribution in [3.63, 3.8) is 0 Å². The van der Waals surface area contributed by atoms with Crippen LogP contribution >= 0.6 is 0 Å². The topological polar surface area (TPSA) is 67.7 Å². The first-order valence-corrected chi connectivity index (χ1v) is 8.38. The van der Waals surface area contributed by atoms with Crippen LogP contribution < -0.4 is 0 Å². The fraction of sp³-hybridized carbons (Fsp3) is 0.333. The van der Waals surface area contributed by atoms with Crippen molar-refractivity contribution in [3.8, 4) is 0 Å². The molecule has 0 atom stereocenters. The van der Waals surface area contributed by atoms with Crippen LogP contribution in [-0.2, 0) is 13.1 Å². The fourth-order valence-electron chi connectivity index (χ4n) is 3.02. The van der Waals surface area contributed by atoms with Gasteiger partial charge >= 0.3 is 0 Å². The lowest BCUT2D eigenvalue weighted by Crippen LogP contribution is -2.48. The maximum absolute atomic E-state index is 12.6. The summed E-state index contributed by atoms with van der Waals surface area (Å²) in [5.41, 5.74) is 0. The van der Waals surface area contributed by atoms with Crippen LogP contribution in [0.4, 0.5) is 0 Å². The van der Waals surface area contributed by atoms with E-state index in [0.717, 1.165) is 31.2 Å². The molecule has 25 heavy (non-hydrogen) atoms. The summed E-state index contributed by atoms with van der Waals surface area (Å²) in [6.45, 7) is 4.34. The molecule has 0 spiro atoms. The molecule has 7 heteroatoms. The van der Waals surface area contributed by atoms with Gasteiger partial charge in [0.05, 0.1) is 19.4 Å². The zero-order chi connectivity index (χ0) is 17.1. The Labute approximate surface area is 145 Å². The van der Waals surface area contributed by atoms with Crippen molar-refractivity contribution >= 4 is 5.91 Å². The van der Waals surface area contributed by atoms with E-state index in [2.05, 4.69) is 10.00 Å². The normalized spacial score (nSPS) is 15.6. The molecule has 1 fully saturated rings. The molecule has 1 saturated heterocycles. The van der Waals surface area contributed by atoms with E-state index < -0.39 is 0 Å². The van der Waals surface area contributed by atoms with Crippen LogP contribution in [-0.4, -0.2) is 51.7 Å². The Morgan fingerprint density at radius 2 is 1.92 bits per heavy atom. The third-order valence-corrected chi connectivity index (χ3v) is 4.37. The molecule has 1 aliphatic rings. The SMILES string of the molecule is O=C(c1ccc(Cn2cccn2)o1)N1CCN(Cc2ccco2)CC1. The van der Waals surface area contributed by atoms with E-state index >= 15 is 0 Å². The predicted molar refractivity (Wildman–Crippen MR) is 89.9 cm³/mol. The van der Waals surface area contributed by atoms with Gasteiger partial charge in [0.2, 0.25) is 0 Å². The number of nitrogens with zero attached hydrogens (tertiary/aromatic N) is 4. The van der Waals surface area contributed by atoms with E-state index in [9.17, 15) is 4.79 Å². The van der Waals surface area contributed by atoms with Crippen molar-refractivity contribution < 1.29 is 13.6 Å². The van der Waals surface area contributed by atoms with E-state index in [1.165, 1.54) is 0 Å². The zero-order valence-corrected chi connectivity index (χ0v) is 13.9. The molecule has 1 aliphatic heterocycles. The molecular formula is C18H20N4O3. The lowest BCUT2D eigenvalue weighted by Gasteiger charge is -2.33. The molecule has 0 aromatic carbocycles. The average Bonchev–Trinajstić information content (AvgIpc) is 3.38. The van der Waals surface area contributed by atoms with Gasteiger partial charge in [0.25, 0.3) is 5.91 Å². The van der Waals surface area contributed by atoms with E-state index in [0.29, 0.717) is 25.4 Å². The highest BCUT2D eigenvalue weighted by Crippen LogP contribution is 2.15. The summed E-state index contributed by atoms with van der Waals surface area (Å²) in [5, 5.41) is 4.14. The summed E-state index contributed by atoms with van der Waals surface area (Å²) in [4.78, 5) is 16.7. The second kappa shape index (κ2) is 6.98. The van der Waals surface area contributed by atoms with Crippen molar-refractivity contribution in [2.75, 3.05) is 26.2 Å². The molecule has 0 N–H and O–H groups in total. The number of rotatable bonds is 5. The second-order valence-corrected chi connectivity index (χ2v) is 6.12. The molecular weight excluding hydrogens is 320 g/mol. The smallest absolute Gasteiger partial charge is 0.289 e. The number of carbonyl (C=O) groups excluding carboxylic acids is 1. The Bertz CT molecular complexity index is 799. The van der Waals surface area contributed by atoms with Crippen molar-refractivity contribution in [1.82, 2.24) is 19.6 Å². The number of amides is 1. The van der Waals surface area contributed by atoms with Crippen LogP contribution in [0, 0.1) is 0 Å². The van der Waals surface area contributed by atoms with Gasteiger partial charge in [-0.3, -0.25) is 14.4 Å². The summed E-state index contributed by atoms with van der Waals surface area (Å²) in [6, 6.07) is 9.31. The summed E-state index contributed by atoms with van der Waals surface area (Å²) in [5.74, 6) is 2.02. The molecule has 0 saturated carbocycles. The largest absolute Gasteiger partial charge is 0.468 e. The number of hydrogen-bond donors (Lipinski definition) is 0. The van der Waals surface area contributed by atoms with Crippen LogP contribution in [0.3, 0.4) is 0 Å². The van der Waals surface area contributed by atoms with Gasteiger partial charge in [0, 0.05) is 38.6 Å². The minimum Gasteiger partial charge on any atom is -0.468 e. The number of aromatic nitrogens is 2. The summed E-state index contributed by atoms with van der Waals surface area (Å²) >= 11 is 0. The number of furan rings is 2. The zero-order valence-electron chi connectivity index (χ0n) is 13.9. The van der Waals surface area contributed by atoms with Gasteiger partial charge in [-0.15, -0.1) is 0 Å². The van der Waals surface area contributed by atoms with Gasteiger partial charge in [-0.1, -0.05) is 0 Å². The molecule has 3 aromatic heterocycles. The first-order valence-electron chi connectivity index (χ1n) is 8.38. The Morgan fingerprint density at radius 1 is 1.04 bits per heavy atom. The Hall–Kier alpha value is -2.80. The van der Waals surface area contributed by atoms with Crippen molar-refractivity contribution in [3.05, 3.63) is 66.3 Å². The number of hydrogen-bond acceptors (Lipinski definition) is 5. The minimum absolute atomic E-state index is 0.0515. The van der Waals surface area contributed by atoms with Gasteiger partial charge in [-0.05, 0) is 30.3 Å². The summed E-state index contributed by atoms with van der Waals surface area (Å²) < 4.78 is 12.8. The van der Waals surface area contributed by atoms with Gasteiger partial charge < -0.3 is 13.7 Å². The average molecular weight is 340 g/mol. The third kappa shape index (κ3) is 3.66. The third-order valence-electron chi connectivity index (χ3n) is 4.37. The molecule has 1 amide bonds. The molecule has 130 valence electrons. The Morgan fingerprint density at radius 3 is 2.64 bits per heavy atom. The Kier molecular flexibility index (Phi) is 4.39. The number of carbonyl (C=O) groups is 1. The van der Waals surface area contributed by atoms with Crippen molar-refractivity contribution in [2.24, 2.45) is 0 Å². The molecule has 4 rings (SSSR count). The maximum Gasteiger partial charge on any atom is 0.289 e. The van der Waals surface area contributed by atoms with Crippen molar-refractivity contribution in [1.29, 1.82) is 0 Å². The summed E-state index contributed by atoms with van der Waals surface area (Å²) in [7, 11) is 0. The highest BCUT2D eigenvalue weighted by molar-refractivity contribution is 5.91. The van der Waals surface area contributed by atoms with Gasteiger partial charge in [0.1, 0.15) is 11.5 Å².